The lowest BCUT2D eigenvalue weighted by Crippen LogP contribution is -1.95. The zero-order valence-corrected chi connectivity index (χ0v) is 10.4. The van der Waals surface area contributed by atoms with E-state index in [4.69, 9.17) is 5.11 Å². The van der Waals surface area contributed by atoms with Gasteiger partial charge >= 0.3 is 5.97 Å². The zero-order valence-electron chi connectivity index (χ0n) is 10.4. The third kappa shape index (κ3) is 2.07. The first-order valence-electron chi connectivity index (χ1n) is 6.07. The zero-order chi connectivity index (χ0) is 14.1. The highest BCUT2D eigenvalue weighted by atomic mass is 16.4. The van der Waals surface area contributed by atoms with Crippen molar-refractivity contribution in [3.05, 3.63) is 60.2 Å². The maximum Gasteiger partial charge on any atom is 0.335 e. The number of para-hydroxylation sites is 1. The molecule has 0 aliphatic rings. The predicted molar refractivity (Wildman–Crippen MR) is 75.8 cm³/mol. The minimum absolute atomic E-state index is 0.0351. The topological polar surface area (TPSA) is 70.4 Å². The Kier molecular flexibility index (Phi) is 2.84. The van der Waals surface area contributed by atoms with Crippen molar-refractivity contribution in [2.24, 2.45) is 0 Å². The second-order valence-electron chi connectivity index (χ2n) is 4.43. The van der Waals surface area contributed by atoms with Crippen LogP contribution in [-0.4, -0.2) is 21.2 Å². The van der Waals surface area contributed by atoms with E-state index in [1.165, 1.54) is 0 Å². The van der Waals surface area contributed by atoms with Crippen LogP contribution in [-0.2, 0) is 0 Å². The Labute approximate surface area is 115 Å². The number of pyridine rings is 1. The minimum atomic E-state index is -0.953. The molecule has 1 aromatic heterocycles. The highest BCUT2D eigenvalue weighted by Gasteiger charge is 2.07. The number of carbonyl (C=O) groups is 1. The van der Waals surface area contributed by atoms with Crippen molar-refractivity contribution >= 4 is 16.9 Å². The van der Waals surface area contributed by atoms with E-state index in [9.17, 15) is 9.90 Å². The fraction of sp³-hybridized carbons (Fsp3) is 0. The Hall–Kier alpha value is -2.88. The van der Waals surface area contributed by atoms with E-state index in [1.54, 1.807) is 36.4 Å². The summed E-state index contributed by atoms with van der Waals surface area (Å²) in [5, 5.41) is 19.4. The molecule has 0 unspecified atom stereocenters. The summed E-state index contributed by atoms with van der Waals surface area (Å²) in [4.78, 5) is 15.0. The van der Waals surface area contributed by atoms with E-state index >= 15 is 0 Å². The molecule has 3 aromatic rings. The van der Waals surface area contributed by atoms with E-state index < -0.39 is 5.97 Å². The maximum atomic E-state index is 10.9. The monoisotopic (exact) mass is 265 g/mol. The second kappa shape index (κ2) is 4.66. The first-order valence-corrected chi connectivity index (χ1v) is 6.07. The number of hydrogen-bond acceptors (Lipinski definition) is 3. The summed E-state index contributed by atoms with van der Waals surface area (Å²) in [5.41, 5.74) is 2.65. The Morgan fingerprint density at radius 2 is 1.70 bits per heavy atom. The number of fused-ring (bicyclic) bond motifs is 1. The number of carboxylic acids is 1. The molecule has 0 atom stereocenters. The third-order valence-corrected chi connectivity index (χ3v) is 3.15. The Bertz CT molecular complexity index is 794. The highest BCUT2D eigenvalue weighted by Crippen LogP contribution is 2.28. The maximum absolute atomic E-state index is 10.9. The Balaban J connectivity index is 2.18. The van der Waals surface area contributed by atoms with Crippen LogP contribution in [0.15, 0.2) is 54.6 Å². The number of carboxylic acid groups (broad SMARTS) is 1. The number of rotatable bonds is 2. The molecule has 0 radical (unpaired) electrons. The number of aromatic nitrogens is 1. The molecule has 0 saturated heterocycles. The first kappa shape index (κ1) is 12.2. The molecule has 2 N–H and O–H groups in total. The quantitative estimate of drug-likeness (QED) is 0.745. The molecule has 98 valence electrons. The van der Waals surface area contributed by atoms with Crippen LogP contribution in [0.1, 0.15) is 10.4 Å². The first-order chi connectivity index (χ1) is 9.65. The van der Waals surface area contributed by atoms with Gasteiger partial charge in [0.1, 0.15) is 0 Å². The minimum Gasteiger partial charge on any atom is -0.493 e. The third-order valence-electron chi connectivity index (χ3n) is 3.15. The normalized spacial score (nSPS) is 10.6. The van der Waals surface area contributed by atoms with Gasteiger partial charge in [0.15, 0.2) is 0 Å². The van der Waals surface area contributed by atoms with Crippen LogP contribution in [0, 0.1) is 0 Å². The van der Waals surface area contributed by atoms with Crippen LogP contribution in [0.5, 0.6) is 5.88 Å². The number of benzene rings is 2. The molecule has 1 heterocycles. The van der Waals surface area contributed by atoms with Crippen molar-refractivity contribution in [3.8, 4) is 17.0 Å². The van der Waals surface area contributed by atoms with E-state index in [-0.39, 0.29) is 11.4 Å². The lowest BCUT2D eigenvalue weighted by Gasteiger charge is -2.06. The second-order valence-corrected chi connectivity index (χ2v) is 4.43. The van der Waals surface area contributed by atoms with Gasteiger partial charge in [0, 0.05) is 17.0 Å². The van der Waals surface area contributed by atoms with Gasteiger partial charge in [-0.05, 0) is 23.8 Å². The summed E-state index contributed by atoms with van der Waals surface area (Å²) in [5.74, 6) is -0.989. The molecule has 0 spiro atoms. The molecule has 0 aliphatic carbocycles. The van der Waals surface area contributed by atoms with Crippen LogP contribution >= 0.6 is 0 Å². The summed E-state index contributed by atoms with van der Waals surface area (Å²) in [7, 11) is 0. The fourth-order valence-corrected chi connectivity index (χ4v) is 2.16. The van der Waals surface area contributed by atoms with Crippen LogP contribution in [0.4, 0.5) is 0 Å². The molecule has 4 heteroatoms. The summed E-state index contributed by atoms with van der Waals surface area (Å²) >= 11 is 0. The average Bonchev–Trinajstić information content (AvgIpc) is 2.46. The standard InChI is InChI=1S/C16H11NO3/c18-14-9-8-11-2-1-3-13(15(11)17-14)10-4-6-12(7-5-10)16(19)20/h1-9H,(H,17,18)(H,19,20). The van der Waals surface area contributed by atoms with Crippen molar-refractivity contribution in [2.75, 3.05) is 0 Å². The van der Waals surface area contributed by atoms with Gasteiger partial charge < -0.3 is 10.2 Å². The molecule has 0 fully saturated rings. The van der Waals surface area contributed by atoms with Crippen LogP contribution in [0.2, 0.25) is 0 Å². The summed E-state index contributed by atoms with van der Waals surface area (Å²) in [6.45, 7) is 0. The average molecular weight is 265 g/mol. The summed E-state index contributed by atoms with van der Waals surface area (Å²) < 4.78 is 0. The lowest BCUT2D eigenvalue weighted by atomic mass is 10.0. The van der Waals surface area contributed by atoms with Crippen molar-refractivity contribution in [1.29, 1.82) is 0 Å². The molecule has 0 amide bonds. The number of aromatic hydroxyl groups is 1. The van der Waals surface area contributed by atoms with Gasteiger partial charge in [-0.15, -0.1) is 0 Å². The number of aromatic carboxylic acids is 1. The smallest absolute Gasteiger partial charge is 0.335 e. The molecule has 2 aromatic carbocycles. The van der Waals surface area contributed by atoms with Crippen molar-refractivity contribution in [3.63, 3.8) is 0 Å². The summed E-state index contributed by atoms with van der Waals surface area (Å²) in [6, 6.07) is 15.6. The van der Waals surface area contributed by atoms with E-state index in [2.05, 4.69) is 4.98 Å². The SMILES string of the molecule is O=C(O)c1ccc(-c2cccc3ccc(O)nc23)cc1. The van der Waals surface area contributed by atoms with Gasteiger partial charge in [-0.1, -0.05) is 30.3 Å². The van der Waals surface area contributed by atoms with Crippen LogP contribution < -0.4 is 0 Å². The van der Waals surface area contributed by atoms with E-state index in [1.807, 2.05) is 18.2 Å². The Morgan fingerprint density at radius 1 is 0.950 bits per heavy atom. The van der Waals surface area contributed by atoms with Gasteiger partial charge in [-0.2, -0.15) is 0 Å². The van der Waals surface area contributed by atoms with Gasteiger partial charge in [0.05, 0.1) is 11.1 Å². The molecular formula is C16H11NO3. The Morgan fingerprint density at radius 3 is 2.40 bits per heavy atom. The van der Waals surface area contributed by atoms with Crippen molar-refractivity contribution in [1.82, 2.24) is 4.98 Å². The van der Waals surface area contributed by atoms with Gasteiger partial charge in [0.2, 0.25) is 5.88 Å². The fourth-order valence-electron chi connectivity index (χ4n) is 2.16. The number of nitrogens with zero attached hydrogens (tertiary/aromatic N) is 1. The van der Waals surface area contributed by atoms with E-state index in [0.717, 1.165) is 16.5 Å². The molecule has 0 aliphatic heterocycles. The highest BCUT2D eigenvalue weighted by molar-refractivity contribution is 5.95. The molecule has 4 nitrogen and oxygen atoms in total. The number of hydrogen-bond donors (Lipinski definition) is 2. The molecule has 20 heavy (non-hydrogen) atoms. The predicted octanol–water partition coefficient (Wildman–Crippen LogP) is 3.31. The largest absolute Gasteiger partial charge is 0.493 e. The lowest BCUT2D eigenvalue weighted by molar-refractivity contribution is 0.0697. The molecule has 0 bridgehead atoms. The van der Waals surface area contributed by atoms with Crippen LogP contribution in [0.3, 0.4) is 0 Å². The van der Waals surface area contributed by atoms with E-state index in [0.29, 0.717) is 5.52 Å². The van der Waals surface area contributed by atoms with Gasteiger partial charge in [-0.25, -0.2) is 9.78 Å². The van der Waals surface area contributed by atoms with Gasteiger partial charge in [0.25, 0.3) is 0 Å². The van der Waals surface area contributed by atoms with Crippen molar-refractivity contribution in [2.45, 2.75) is 0 Å². The molecule has 0 saturated carbocycles. The van der Waals surface area contributed by atoms with Crippen molar-refractivity contribution < 1.29 is 15.0 Å². The van der Waals surface area contributed by atoms with Gasteiger partial charge in [-0.3, -0.25) is 0 Å². The molecular weight excluding hydrogens is 254 g/mol. The molecule has 3 rings (SSSR count). The summed E-state index contributed by atoms with van der Waals surface area (Å²) in [6.07, 6.45) is 0. The van der Waals surface area contributed by atoms with Crippen LogP contribution in [0.25, 0.3) is 22.0 Å².